The lowest BCUT2D eigenvalue weighted by atomic mass is 9.97. The molecule has 2 heterocycles. The molecule has 0 aliphatic heterocycles. The minimum Gasteiger partial charge on any atom is -0.462 e. The van der Waals surface area contributed by atoms with Crippen molar-refractivity contribution in [1.82, 2.24) is 14.8 Å². The van der Waals surface area contributed by atoms with Crippen LogP contribution in [-0.4, -0.2) is 34.5 Å². The van der Waals surface area contributed by atoms with E-state index in [9.17, 15) is 4.79 Å². The molecule has 0 aliphatic rings. The zero-order valence-corrected chi connectivity index (χ0v) is 19.6. The second-order valence-electron chi connectivity index (χ2n) is 7.83. The Morgan fingerprint density at radius 3 is 2.62 bits per heavy atom. The molecule has 174 valence electrons. The number of carbonyl (C=O) groups is 1. The molecule has 0 bridgehead atoms. The number of carbonyl (C=O) groups excluding carboxylic acids is 1. The van der Waals surface area contributed by atoms with Crippen LogP contribution in [0.5, 0.6) is 0 Å². The highest BCUT2D eigenvalue weighted by atomic mass is 16.7. The first-order valence-electron chi connectivity index (χ1n) is 11.2. The fraction of sp³-hybridized carbons (Fsp3) is 0.222. The summed E-state index contributed by atoms with van der Waals surface area (Å²) in [6.45, 7) is 4.67. The van der Waals surface area contributed by atoms with E-state index in [2.05, 4.69) is 22.2 Å². The van der Waals surface area contributed by atoms with Crippen LogP contribution in [-0.2, 0) is 22.5 Å². The third-order valence-corrected chi connectivity index (χ3v) is 5.55. The van der Waals surface area contributed by atoms with Gasteiger partial charge in [0.15, 0.2) is 5.82 Å². The van der Waals surface area contributed by atoms with E-state index in [-0.39, 0.29) is 5.97 Å². The molecule has 7 heteroatoms. The van der Waals surface area contributed by atoms with Crippen molar-refractivity contribution < 1.29 is 14.4 Å². The number of pyridine rings is 1. The van der Waals surface area contributed by atoms with Gasteiger partial charge in [0.2, 0.25) is 0 Å². The van der Waals surface area contributed by atoms with Gasteiger partial charge >= 0.3 is 5.97 Å². The fourth-order valence-electron chi connectivity index (χ4n) is 3.93. The summed E-state index contributed by atoms with van der Waals surface area (Å²) < 4.78 is 7.11. The van der Waals surface area contributed by atoms with Crippen LogP contribution in [0.1, 0.15) is 39.5 Å². The number of hydroxylamine groups is 1. The zero-order valence-electron chi connectivity index (χ0n) is 19.6. The summed E-state index contributed by atoms with van der Waals surface area (Å²) >= 11 is 0. The molecule has 2 aromatic carbocycles. The summed E-state index contributed by atoms with van der Waals surface area (Å²) in [5, 5.41) is 6.19. The fourth-order valence-corrected chi connectivity index (χ4v) is 3.93. The van der Waals surface area contributed by atoms with Crippen molar-refractivity contribution in [2.24, 2.45) is 0 Å². The molecule has 0 fully saturated rings. The lowest BCUT2D eigenvalue weighted by molar-refractivity contribution is 0.0525. The molecule has 34 heavy (non-hydrogen) atoms. The van der Waals surface area contributed by atoms with Crippen LogP contribution in [0, 0.1) is 6.92 Å². The number of aromatic nitrogens is 3. The van der Waals surface area contributed by atoms with Crippen LogP contribution >= 0.6 is 0 Å². The van der Waals surface area contributed by atoms with E-state index >= 15 is 0 Å². The van der Waals surface area contributed by atoms with Gasteiger partial charge in [-0.25, -0.2) is 19.5 Å². The van der Waals surface area contributed by atoms with Gasteiger partial charge in [0.25, 0.3) is 0 Å². The van der Waals surface area contributed by atoms with Gasteiger partial charge in [0, 0.05) is 25.0 Å². The Kier molecular flexibility index (Phi) is 7.34. The van der Waals surface area contributed by atoms with Crippen LogP contribution in [0.15, 0.2) is 79.3 Å². The molecule has 0 unspecified atom stereocenters. The van der Waals surface area contributed by atoms with Gasteiger partial charge in [-0.15, -0.1) is 0 Å². The number of ether oxygens (including phenoxy) is 1. The molecule has 0 saturated heterocycles. The zero-order chi connectivity index (χ0) is 23.9. The Balaban J connectivity index is 1.71. The van der Waals surface area contributed by atoms with E-state index in [4.69, 9.17) is 9.57 Å². The first kappa shape index (κ1) is 23.2. The van der Waals surface area contributed by atoms with Crippen molar-refractivity contribution in [3.05, 3.63) is 107 Å². The maximum Gasteiger partial charge on any atom is 0.338 e. The first-order chi connectivity index (χ1) is 16.6. The van der Waals surface area contributed by atoms with Gasteiger partial charge < -0.3 is 4.74 Å². The molecule has 2 aromatic heterocycles. The largest absolute Gasteiger partial charge is 0.462 e. The SMILES string of the molecule is CCOC(=O)c1ccccc1Cc1cc(CN(OC)c2ncccc2C)ccc1-n1cccn1. The Bertz CT molecular complexity index is 1250. The molecular formula is C27H28N4O3. The van der Waals surface area contributed by atoms with Gasteiger partial charge in [0.05, 0.1) is 31.5 Å². The molecule has 0 spiro atoms. The van der Waals surface area contributed by atoms with Crippen LogP contribution in [0.2, 0.25) is 0 Å². The quantitative estimate of drug-likeness (QED) is 0.263. The Hall–Kier alpha value is -3.97. The molecule has 0 amide bonds. The standard InChI is InChI=1S/C27H28N4O3/c1-4-34-27(32)24-11-6-5-10-22(24)18-23-17-21(12-13-25(23)30-16-8-15-29-30)19-31(33-3)26-20(2)9-7-14-28-26/h5-17H,4,18-19H2,1-3H3. The predicted octanol–water partition coefficient (Wildman–Crippen LogP) is 4.91. The highest BCUT2D eigenvalue weighted by Crippen LogP contribution is 2.25. The minimum absolute atomic E-state index is 0.314. The van der Waals surface area contributed by atoms with E-state index in [0.717, 1.165) is 33.8 Å². The number of hydrogen-bond acceptors (Lipinski definition) is 6. The third-order valence-electron chi connectivity index (χ3n) is 5.55. The van der Waals surface area contributed by atoms with E-state index in [1.165, 1.54) is 0 Å². The average Bonchev–Trinajstić information content (AvgIpc) is 3.38. The lowest BCUT2D eigenvalue weighted by Gasteiger charge is -2.23. The van der Waals surface area contributed by atoms with Crippen LogP contribution < -0.4 is 5.06 Å². The molecular weight excluding hydrogens is 428 g/mol. The van der Waals surface area contributed by atoms with E-state index in [0.29, 0.717) is 25.1 Å². The summed E-state index contributed by atoms with van der Waals surface area (Å²) in [6, 6.07) is 19.6. The second kappa shape index (κ2) is 10.8. The Morgan fingerprint density at radius 1 is 1.03 bits per heavy atom. The number of nitrogens with zero attached hydrogens (tertiary/aromatic N) is 4. The van der Waals surface area contributed by atoms with E-state index in [1.54, 1.807) is 30.6 Å². The minimum atomic E-state index is -0.314. The van der Waals surface area contributed by atoms with Crippen LogP contribution in [0.3, 0.4) is 0 Å². The predicted molar refractivity (Wildman–Crippen MR) is 131 cm³/mol. The summed E-state index contributed by atoms with van der Waals surface area (Å²) in [5.41, 5.74) is 5.53. The number of esters is 1. The van der Waals surface area contributed by atoms with Crippen molar-refractivity contribution >= 4 is 11.8 Å². The van der Waals surface area contributed by atoms with Crippen LogP contribution in [0.25, 0.3) is 5.69 Å². The molecule has 0 radical (unpaired) electrons. The van der Waals surface area contributed by atoms with Crippen molar-refractivity contribution in [1.29, 1.82) is 0 Å². The normalized spacial score (nSPS) is 10.8. The molecule has 0 aliphatic carbocycles. The van der Waals surface area contributed by atoms with E-state index in [1.807, 2.05) is 67.2 Å². The smallest absolute Gasteiger partial charge is 0.338 e. The number of anilines is 1. The number of rotatable bonds is 9. The number of aryl methyl sites for hydroxylation is 1. The van der Waals surface area contributed by atoms with E-state index < -0.39 is 0 Å². The van der Waals surface area contributed by atoms with Crippen molar-refractivity contribution in [2.75, 3.05) is 18.8 Å². The second-order valence-corrected chi connectivity index (χ2v) is 7.83. The lowest BCUT2D eigenvalue weighted by Crippen LogP contribution is -2.23. The molecule has 0 saturated carbocycles. The van der Waals surface area contributed by atoms with Crippen molar-refractivity contribution in [3.63, 3.8) is 0 Å². The highest BCUT2D eigenvalue weighted by molar-refractivity contribution is 5.91. The Morgan fingerprint density at radius 2 is 1.88 bits per heavy atom. The summed E-state index contributed by atoms with van der Waals surface area (Å²) in [7, 11) is 1.64. The number of benzene rings is 2. The van der Waals surface area contributed by atoms with Gasteiger partial charge in [-0.2, -0.15) is 5.10 Å². The molecule has 4 rings (SSSR count). The average molecular weight is 457 g/mol. The molecule has 7 nitrogen and oxygen atoms in total. The molecule has 4 aromatic rings. The number of hydrogen-bond donors (Lipinski definition) is 0. The monoisotopic (exact) mass is 456 g/mol. The maximum absolute atomic E-state index is 12.5. The highest BCUT2D eigenvalue weighted by Gasteiger charge is 2.17. The first-order valence-corrected chi connectivity index (χ1v) is 11.2. The van der Waals surface area contributed by atoms with Crippen LogP contribution in [0.4, 0.5) is 5.82 Å². The van der Waals surface area contributed by atoms with Crippen molar-refractivity contribution in [2.45, 2.75) is 26.8 Å². The van der Waals surface area contributed by atoms with Crippen molar-refractivity contribution in [3.8, 4) is 5.69 Å². The summed E-state index contributed by atoms with van der Waals surface area (Å²) in [5.74, 6) is 0.460. The third kappa shape index (κ3) is 5.15. The topological polar surface area (TPSA) is 69.5 Å². The van der Waals surface area contributed by atoms with Gasteiger partial charge in [-0.1, -0.05) is 36.4 Å². The molecule has 0 N–H and O–H groups in total. The van der Waals surface area contributed by atoms with Gasteiger partial charge in [-0.3, -0.25) is 4.84 Å². The van der Waals surface area contributed by atoms with Gasteiger partial charge in [0.1, 0.15) is 0 Å². The maximum atomic E-state index is 12.5. The summed E-state index contributed by atoms with van der Waals surface area (Å²) in [6.07, 6.45) is 5.97. The summed E-state index contributed by atoms with van der Waals surface area (Å²) in [4.78, 5) is 22.7. The van der Waals surface area contributed by atoms with Gasteiger partial charge in [-0.05, 0) is 60.4 Å². The Labute approximate surface area is 199 Å². The molecule has 0 atom stereocenters.